The van der Waals surface area contributed by atoms with Gasteiger partial charge in [-0.3, -0.25) is 4.79 Å². The largest absolute Gasteiger partial charge is 0.462 e. The maximum absolute atomic E-state index is 10.4. The molecule has 1 rings (SSSR count). The Labute approximate surface area is 76.2 Å². The lowest BCUT2D eigenvalue weighted by Crippen LogP contribution is -2.18. The van der Waals surface area contributed by atoms with E-state index < -0.39 is 0 Å². The highest BCUT2D eigenvalue weighted by atomic mass is 16.7. The van der Waals surface area contributed by atoms with E-state index in [1.54, 1.807) is 12.4 Å². The van der Waals surface area contributed by atoms with Crippen LogP contribution in [0.15, 0.2) is 12.4 Å². The Hall–Kier alpha value is -1.52. The van der Waals surface area contributed by atoms with Crippen LogP contribution in [0.1, 0.15) is 12.7 Å². The molecule has 0 saturated heterocycles. The molecule has 13 heavy (non-hydrogen) atoms. The first-order valence-electron chi connectivity index (χ1n) is 3.97. The summed E-state index contributed by atoms with van der Waals surface area (Å²) in [7, 11) is 0. The van der Waals surface area contributed by atoms with Gasteiger partial charge in [0, 0.05) is 13.1 Å². The molecule has 5 nitrogen and oxygen atoms in total. The Bertz CT molecular complexity index is 283. The molecule has 1 heterocycles. The molecule has 1 aromatic rings. The number of rotatable bonds is 4. The van der Waals surface area contributed by atoms with E-state index in [0.29, 0.717) is 6.61 Å². The van der Waals surface area contributed by atoms with Crippen LogP contribution in [0.5, 0.6) is 0 Å². The van der Waals surface area contributed by atoms with Crippen LogP contribution in [0.3, 0.4) is 0 Å². The van der Waals surface area contributed by atoms with E-state index in [4.69, 9.17) is 4.84 Å². The van der Waals surface area contributed by atoms with E-state index >= 15 is 0 Å². The summed E-state index contributed by atoms with van der Waals surface area (Å²) in [6.45, 7) is 3.78. The van der Waals surface area contributed by atoms with Crippen molar-refractivity contribution in [2.75, 3.05) is 13.2 Å². The molecule has 0 N–H and O–H groups in total. The van der Waals surface area contributed by atoms with Gasteiger partial charge in [-0.05, 0) is 6.92 Å². The number of carbonyl (C=O) groups excluding carboxylic acids is 1. The van der Waals surface area contributed by atoms with E-state index in [-0.39, 0.29) is 12.6 Å². The Kier molecular flexibility index (Phi) is 3.31. The van der Waals surface area contributed by atoms with Gasteiger partial charge in [0.15, 0.2) is 0 Å². The van der Waals surface area contributed by atoms with Gasteiger partial charge in [-0.15, -0.1) is 0 Å². The highest BCUT2D eigenvalue weighted by molar-refractivity contribution is 5.65. The van der Waals surface area contributed by atoms with Gasteiger partial charge in [-0.25, -0.2) is 4.98 Å². The number of ether oxygens (including phenoxy) is 1. The minimum absolute atomic E-state index is 0.257. The minimum Gasteiger partial charge on any atom is -0.462 e. The third-order valence-corrected chi connectivity index (χ3v) is 1.40. The van der Waals surface area contributed by atoms with Crippen molar-refractivity contribution in [1.82, 2.24) is 9.71 Å². The SMILES string of the molecule is CC(=O)OCCOn1ccnc1C. The molecular weight excluding hydrogens is 172 g/mol. The summed E-state index contributed by atoms with van der Waals surface area (Å²) < 4.78 is 6.21. The smallest absolute Gasteiger partial charge is 0.302 e. The molecule has 72 valence electrons. The zero-order valence-electron chi connectivity index (χ0n) is 7.69. The monoisotopic (exact) mass is 184 g/mol. The summed E-state index contributed by atoms with van der Waals surface area (Å²) in [6, 6.07) is 0. The molecular formula is C8H12N2O3. The van der Waals surface area contributed by atoms with Crippen LogP contribution in [0, 0.1) is 6.92 Å². The standard InChI is InChI=1S/C8H12N2O3/c1-7-9-3-4-10(7)13-6-5-12-8(2)11/h3-4H,5-6H2,1-2H3. The summed E-state index contributed by atoms with van der Waals surface area (Å²) in [5.74, 6) is 0.466. The quantitative estimate of drug-likeness (QED) is 0.495. The van der Waals surface area contributed by atoms with Gasteiger partial charge < -0.3 is 9.57 Å². The number of carbonyl (C=O) groups is 1. The van der Waals surface area contributed by atoms with Crippen LogP contribution in [-0.4, -0.2) is 28.9 Å². The highest BCUT2D eigenvalue weighted by Gasteiger charge is 1.97. The number of imidazole rings is 1. The zero-order valence-corrected chi connectivity index (χ0v) is 7.69. The third kappa shape index (κ3) is 3.14. The molecule has 0 unspecified atom stereocenters. The molecule has 0 bridgehead atoms. The molecule has 0 amide bonds. The summed E-state index contributed by atoms with van der Waals surface area (Å²) in [4.78, 5) is 19.5. The lowest BCUT2D eigenvalue weighted by molar-refractivity contribution is -0.142. The minimum atomic E-state index is -0.300. The molecule has 0 spiro atoms. The van der Waals surface area contributed by atoms with Crippen molar-refractivity contribution in [3.05, 3.63) is 18.2 Å². The van der Waals surface area contributed by atoms with Crippen LogP contribution in [0.2, 0.25) is 0 Å². The van der Waals surface area contributed by atoms with Crippen LogP contribution in [0.25, 0.3) is 0 Å². The first-order chi connectivity index (χ1) is 6.20. The number of aromatic nitrogens is 2. The van der Waals surface area contributed by atoms with E-state index in [9.17, 15) is 4.79 Å². The first kappa shape index (κ1) is 9.57. The van der Waals surface area contributed by atoms with E-state index in [1.807, 2.05) is 6.92 Å². The van der Waals surface area contributed by atoms with Crippen molar-refractivity contribution in [3.63, 3.8) is 0 Å². The maximum atomic E-state index is 10.4. The van der Waals surface area contributed by atoms with Crippen LogP contribution in [-0.2, 0) is 9.53 Å². The average Bonchev–Trinajstić information content (AvgIpc) is 2.45. The number of hydrogen-bond donors (Lipinski definition) is 0. The second kappa shape index (κ2) is 4.49. The van der Waals surface area contributed by atoms with Crippen LogP contribution < -0.4 is 4.84 Å². The summed E-state index contributed by atoms with van der Waals surface area (Å²) in [5.41, 5.74) is 0. The summed E-state index contributed by atoms with van der Waals surface area (Å²) in [6.07, 6.45) is 3.34. The van der Waals surface area contributed by atoms with Gasteiger partial charge >= 0.3 is 5.97 Å². The lowest BCUT2D eigenvalue weighted by atomic mass is 10.7. The van der Waals surface area contributed by atoms with Crippen molar-refractivity contribution in [2.45, 2.75) is 13.8 Å². The van der Waals surface area contributed by atoms with E-state index in [2.05, 4.69) is 9.72 Å². The predicted octanol–water partition coefficient (Wildman–Crippen LogP) is 0.183. The second-order valence-corrected chi connectivity index (χ2v) is 2.47. The normalized spacial score (nSPS) is 9.69. The molecule has 5 heteroatoms. The molecule has 0 saturated carbocycles. The number of aryl methyl sites for hydroxylation is 1. The van der Waals surface area contributed by atoms with Gasteiger partial charge in [0.1, 0.15) is 19.0 Å². The van der Waals surface area contributed by atoms with Gasteiger partial charge in [-0.1, -0.05) is 0 Å². The zero-order chi connectivity index (χ0) is 9.68. The fourth-order valence-electron chi connectivity index (χ4n) is 0.824. The fraction of sp³-hybridized carbons (Fsp3) is 0.500. The van der Waals surface area contributed by atoms with Crippen molar-refractivity contribution in [1.29, 1.82) is 0 Å². The van der Waals surface area contributed by atoms with Crippen molar-refractivity contribution < 1.29 is 14.4 Å². The molecule has 0 atom stereocenters. The van der Waals surface area contributed by atoms with Crippen LogP contribution in [0.4, 0.5) is 0 Å². The van der Waals surface area contributed by atoms with Gasteiger partial charge in [-0.2, -0.15) is 4.73 Å². The predicted molar refractivity (Wildman–Crippen MR) is 45.0 cm³/mol. The van der Waals surface area contributed by atoms with Crippen molar-refractivity contribution in [2.24, 2.45) is 0 Å². The highest BCUT2D eigenvalue weighted by Crippen LogP contribution is 1.90. The summed E-state index contributed by atoms with van der Waals surface area (Å²) >= 11 is 0. The second-order valence-electron chi connectivity index (χ2n) is 2.47. The third-order valence-electron chi connectivity index (χ3n) is 1.40. The Morgan fingerprint density at radius 3 is 2.92 bits per heavy atom. The summed E-state index contributed by atoms with van der Waals surface area (Å²) in [5, 5.41) is 0. The van der Waals surface area contributed by atoms with Gasteiger partial charge in [0.05, 0.1) is 6.20 Å². The molecule has 0 fully saturated rings. The molecule has 1 aromatic heterocycles. The van der Waals surface area contributed by atoms with E-state index in [1.165, 1.54) is 11.7 Å². The molecule has 0 radical (unpaired) electrons. The fourth-order valence-corrected chi connectivity index (χ4v) is 0.824. The molecule has 0 aliphatic rings. The Morgan fingerprint density at radius 2 is 2.38 bits per heavy atom. The van der Waals surface area contributed by atoms with Gasteiger partial charge in [0.25, 0.3) is 0 Å². The van der Waals surface area contributed by atoms with Crippen molar-refractivity contribution >= 4 is 5.97 Å². The van der Waals surface area contributed by atoms with Gasteiger partial charge in [0.2, 0.25) is 0 Å². The number of esters is 1. The average molecular weight is 184 g/mol. The first-order valence-corrected chi connectivity index (χ1v) is 3.97. The van der Waals surface area contributed by atoms with E-state index in [0.717, 1.165) is 5.82 Å². The van der Waals surface area contributed by atoms with Crippen molar-refractivity contribution in [3.8, 4) is 0 Å². The Balaban J connectivity index is 2.20. The molecule has 0 aromatic carbocycles. The Morgan fingerprint density at radius 1 is 1.62 bits per heavy atom. The molecule has 0 aliphatic carbocycles. The number of hydrogen-bond acceptors (Lipinski definition) is 4. The lowest BCUT2D eigenvalue weighted by Gasteiger charge is -2.07. The molecule has 0 aliphatic heterocycles. The topological polar surface area (TPSA) is 53.4 Å². The number of nitrogens with zero attached hydrogens (tertiary/aromatic N) is 2. The van der Waals surface area contributed by atoms with Crippen LogP contribution >= 0.6 is 0 Å². The maximum Gasteiger partial charge on any atom is 0.302 e.